The van der Waals surface area contributed by atoms with Crippen molar-refractivity contribution in [3.05, 3.63) is 53.9 Å². The van der Waals surface area contributed by atoms with Crippen LogP contribution >= 0.6 is 0 Å². The van der Waals surface area contributed by atoms with Crippen molar-refractivity contribution in [3.63, 3.8) is 0 Å². The molecule has 2 heterocycles. The maximum absolute atomic E-state index is 14.8. The third-order valence-corrected chi connectivity index (χ3v) is 4.79. The molecular weight excluding hydrogens is 406 g/mol. The molecule has 1 atom stereocenters. The van der Waals surface area contributed by atoms with Gasteiger partial charge in [0.1, 0.15) is 12.6 Å². The Bertz CT molecular complexity index is 1100. The summed E-state index contributed by atoms with van der Waals surface area (Å²) in [4.78, 5) is 20.6. The van der Waals surface area contributed by atoms with E-state index < -0.39 is 48.5 Å². The van der Waals surface area contributed by atoms with Crippen molar-refractivity contribution in [2.45, 2.75) is 25.3 Å². The highest BCUT2D eigenvalue weighted by atomic mass is 19.3. The van der Waals surface area contributed by atoms with Gasteiger partial charge in [-0.3, -0.25) is 4.90 Å². The number of nitrogens with one attached hydrogen (secondary N) is 1. The third-order valence-electron chi connectivity index (χ3n) is 4.79. The number of aromatic nitrogens is 2. The Hall–Kier alpha value is -3.30. The summed E-state index contributed by atoms with van der Waals surface area (Å²) in [6, 6.07) is 6.46. The minimum atomic E-state index is -2.98. The maximum Gasteiger partial charge on any atom is 0.415 e. The van der Waals surface area contributed by atoms with E-state index in [1.165, 1.54) is 17.3 Å². The van der Waals surface area contributed by atoms with Crippen molar-refractivity contribution in [2.75, 3.05) is 18.1 Å². The molecule has 158 valence electrons. The number of amides is 1. The standard InChI is InChI=1S/C20H17F4N3O3/c1-20(23,24)6-7-29-16-5-3-12(17(21)18(16)22)15-9-30-19(28)27(15)11-2-4-13-14(8-11)26-10-25-13/h2-5,8,10,15H,6-7,9H2,1H3,(H,25,26). The van der Waals surface area contributed by atoms with Gasteiger partial charge >= 0.3 is 6.09 Å². The Kier molecular flexibility index (Phi) is 5.00. The summed E-state index contributed by atoms with van der Waals surface area (Å²) in [6.07, 6.45) is 0.154. The fraction of sp³-hybridized carbons (Fsp3) is 0.300. The molecule has 6 nitrogen and oxygen atoms in total. The van der Waals surface area contributed by atoms with Crippen molar-refractivity contribution < 1.29 is 31.8 Å². The van der Waals surface area contributed by atoms with Crippen molar-refractivity contribution in [3.8, 4) is 5.75 Å². The van der Waals surface area contributed by atoms with Gasteiger partial charge in [-0.05, 0) is 37.3 Å². The number of halogens is 4. The lowest BCUT2D eigenvalue weighted by Gasteiger charge is -2.22. The van der Waals surface area contributed by atoms with Crippen LogP contribution in [0.4, 0.5) is 28.0 Å². The number of hydrogen-bond donors (Lipinski definition) is 1. The fourth-order valence-corrected chi connectivity index (χ4v) is 3.26. The van der Waals surface area contributed by atoms with Crippen molar-refractivity contribution >= 4 is 22.8 Å². The van der Waals surface area contributed by atoms with E-state index in [0.717, 1.165) is 11.6 Å². The molecular formula is C20H17F4N3O3. The van der Waals surface area contributed by atoms with Crippen LogP contribution in [0.5, 0.6) is 5.75 Å². The molecule has 1 aliphatic heterocycles. The topological polar surface area (TPSA) is 67.5 Å². The zero-order valence-electron chi connectivity index (χ0n) is 15.8. The van der Waals surface area contributed by atoms with Crippen LogP contribution in [0.25, 0.3) is 11.0 Å². The Morgan fingerprint density at radius 3 is 2.83 bits per heavy atom. The molecule has 3 aromatic rings. The second-order valence-corrected chi connectivity index (χ2v) is 7.02. The molecule has 1 unspecified atom stereocenters. The molecule has 30 heavy (non-hydrogen) atoms. The van der Waals surface area contributed by atoms with Crippen LogP contribution in [-0.2, 0) is 4.74 Å². The quantitative estimate of drug-likeness (QED) is 0.569. The number of anilines is 1. The summed E-state index contributed by atoms with van der Waals surface area (Å²) in [5, 5.41) is 0. The number of rotatable bonds is 6. The molecule has 2 aromatic carbocycles. The molecule has 1 aromatic heterocycles. The van der Waals surface area contributed by atoms with Gasteiger partial charge in [0.15, 0.2) is 11.6 Å². The number of alkyl halides is 2. The highest BCUT2D eigenvalue weighted by Crippen LogP contribution is 2.37. The van der Waals surface area contributed by atoms with E-state index in [4.69, 9.17) is 9.47 Å². The number of ether oxygens (including phenoxy) is 2. The summed E-state index contributed by atoms with van der Waals surface area (Å²) >= 11 is 0. The number of carbonyl (C=O) groups excluding carboxylic acids is 1. The lowest BCUT2D eigenvalue weighted by atomic mass is 10.0. The van der Waals surface area contributed by atoms with Gasteiger partial charge in [-0.15, -0.1) is 0 Å². The second kappa shape index (κ2) is 7.51. The smallest absolute Gasteiger partial charge is 0.415 e. The highest BCUT2D eigenvalue weighted by Gasteiger charge is 2.38. The largest absolute Gasteiger partial charge is 0.490 e. The zero-order chi connectivity index (χ0) is 21.5. The van der Waals surface area contributed by atoms with Crippen LogP contribution in [0.15, 0.2) is 36.7 Å². The molecule has 0 radical (unpaired) electrons. The Morgan fingerprint density at radius 1 is 1.27 bits per heavy atom. The molecule has 1 saturated heterocycles. The van der Waals surface area contributed by atoms with Gasteiger partial charge in [0.05, 0.1) is 29.7 Å². The molecule has 1 N–H and O–H groups in total. The number of imidazole rings is 1. The normalized spacial score (nSPS) is 16.9. The van der Waals surface area contributed by atoms with E-state index in [1.807, 2.05) is 0 Å². The lowest BCUT2D eigenvalue weighted by molar-refractivity contribution is 0.000417. The number of fused-ring (bicyclic) bond motifs is 1. The molecule has 0 spiro atoms. The first kappa shape index (κ1) is 20.0. The average Bonchev–Trinajstić information content (AvgIpc) is 3.30. The van der Waals surface area contributed by atoms with Gasteiger partial charge in [0.2, 0.25) is 11.7 Å². The Labute approximate surface area is 168 Å². The van der Waals surface area contributed by atoms with Crippen LogP contribution in [0.1, 0.15) is 24.9 Å². The minimum Gasteiger partial charge on any atom is -0.490 e. The molecule has 1 aliphatic rings. The molecule has 4 rings (SSSR count). The molecule has 1 fully saturated rings. The first-order valence-electron chi connectivity index (χ1n) is 9.12. The monoisotopic (exact) mass is 423 g/mol. The van der Waals surface area contributed by atoms with Crippen LogP contribution < -0.4 is 9.64 Å². The molecule has 0 bridgehead atoms. The van der Waals surface area contributed by atoms with Crippen molar-refractivity contribution in [1.29, 1.82) is 0 Å². The summed E-state index contributed by atoms with van der Waals surface area (Å²) in [5.74, 6) is -6.00. The van der Waals surface area contributed by atoms with Gasteiger partial charge in [0, 0.05) is 12.0 Å². The molecule has 0 saturated carbocycles. The Morgan fingerprint density at radius 2 is 2.07 bits per heavy atom. The summed E-state index contributed by atoms with van der Waals surface area (Å²) in [7, 11) is 0. The first-order valence-corrected chi connectivity index (χ1v) is 9.12. The zero-order valence-corrected chi connectivity index (χ0v) is 15.8. The van der Waals surface area contributed by atoms with Crippen LogP contribution in [0.3, 0.4) is 0 Å². The number of H-pyrrole nitrogens is 1. The van der Waals surface area contributed by atoms with Crippen molar-refractivity contribution in [1.82, 2.24) is 9.97 Å². The van der Waals surface area contributed by atoms with Gasteiger partial charge < -0.3 is 14.5 Å². The fourth-order valence-electron chi connectivity index (χ4n) is 3.26. The lowest BCUT2D eigenvalue weighted by Crippen LogP contribution is -2.28. The molecule has 1 amide bonds. The van der Waals surface area contributed by atoms with Crippen LogP contribution in [0.2, 0.25) is 0 Å². The number of hydrogen-bond acceptors (Lipinski definition) is 4. The number of cyclic esters (lactones) is 1. The maximum atomic E-state index is 14.8. The highest BCUT2D eigenvalue weighted by molar-refractivity contribution is 5.93. The van der Waals surface area contributed by atoms with E-state index in [1.54, 1.807) is 18.2 Å². The van der Waals surface area contributed by atoms with Crippen molar-refractivity contribution in [2.24, 2.45) is 0 Å². The Balaban J connectivity index is 1.61. The SMILES string of the molecule is CC(F)(F)CCOc1ccc(C2COC(=O)N2c2ccc3[nH]cnc3c2)c(F)c1F. The summed E-state index contributed by atoms with van der Waals surface area (Å²) < 4.78 is 65.1. The van der Waals surface area contributed by atoms with Crippen LogP contribution in [0, 0.1) is 11.6 Å². The van der Waals surface area contributed by atoms with Gasteiger partial charge in [-0.25, -0.2) is 22.9 Å². The van der Waals surface area contributed by atoms with Crippen LogP contribution in [-0.4, -0.2) is 35.2 Å². The van der Waals surface area contributed by atoms with Gasteiger partial charge in [0.25, 0.3) is 0 Å². The number of nitrogens with zero attached hydrogens (tertiary/aromatic N) is 2. The average molecular weight is 423 g/mol. The number of carbonyl (C=O) groups is 1. The summed E-state index contributed by atoms with van der Waals surface area (Å²) in [6.45, 7) is 0.0541. The number of benzene rings is 2. The van der Waals surface area contributed by atoms with Gasteiger partial charge in [-0.1, -0.05) is 0 Å². The number of aromatic amines is 1. The van der Waals surface area contributed by atoms with E-state index in [2.05, 4.69) is 9.97 Å². The predicted molar refractivity (Wildman–Crippen MR) is 99.8 cm³/mol. The first-order chi connectivity index (χ1) is 14.2. The van der Waals surface area contributed by atoms with E-state index in [9.17, 15) is 22.4 Å². The van der Waals surface area contributed by atoms with E-state index in [0.29, 0.717) is 18.1 Å². The molecule has 10 heteroatoms. The minimum absolute atomic E-state index is 0.117. The molecule has 0 aliphatic carbocycles. The third kappa shape index (κ3) is 3.77. The van der Waals surface area contributed by atoms with Gasteiger partial charge in [-0.2, -0.15) is 4.39 Å². The second-order valence-electron chi connectivity index (χ2n) is 7.02. The predicted octanol–water partition coefficient (Wildman–Crippen LogP) is 4.96. The van der Waals surface area contributed by atoms with E-state index >= 15 is 0 Å². The van der Waals surface area contributed by atoms with E-state index in [-0.39, 0.29) is 12.2 Å². The summed E-state index contributed by atoms with van der Waals surface area (Å²) in [5.41, 5.74) is 1.63.